The lowest BCUT2D eigenvalue weighted by Gasteiger charge is -2.08. The van der Waals surface area contributed by atoms with Crippen molar-refractivity contribution in [3.05, 3.63) is 18.5 Å². The highest BCUT2D eigenvalue weighted by Crippen LogP contribution is 2.14. The molecule has 2 amide bonds. The van der Waals surface area contributed by atoms with Crippen molar-refractivity contribution in [2.24, 2.45) is 0 Å². The summed E-state index contributed by atoms with van der Waals surface area (Å²) in [6.07, 6.45) is 9.02. The zero-order valence-corrected chi connectivity index (χ0v) is 10.9. The van der Waals surface area contributed by atoms with Gasteiger partial charge in [-0.1, -0.05) is 32.6 Å². The van der Waals surface area contributed by atoms with Crippen molar-refractivity contribution in [1.29, 1.82) is 0 Å². The van der Waals surface area contributed by atoms with Crippen molar-refractivity contribution in [1.82, 2.24) is 10.3 Å². The summed E-state index contributed by atoms with van der Waals surface area (Å²) >= 11 is 0. The van der Waals surface area contributed by atoms with E-state index in [0.29, 0.717) is 17.9 Å². The highest BCUT2D eigenvalue weighted by atomic mass is 16.2. The zero-order chi connectivity index (χ0) is 13.2. The van der Waals surface area contributed by atoms with Gasteiger partial charge in [-0.15, -0.1) is 0 Å². The highest BCUT2D eigenvalue weighted by Gasteiger charge is 2.03. The van der Waals surface area contributed by atoms with E-state index < -0.39 is 0 Å². The molecule has 0 saturated heterocycles. The Kier molecular flexibility index (Phi) is 6.61. The minimum Gasteiger partial charge on any atom is -0.397 e. The van der Waals surface area contributed by atoms with Gasteiger partial charge >= 0.3 is 6.03 Å². The van der Waals surface area contributed by atoms with Gasteiger partial charge in [0, 0.05) is 12.7 Å². The molecule has 0 aliphatic rings. The topological polar surface area (TPSA) is 80.0 Å². The van der Waals surface area contributed by atoms with Crippen molar-refractivity contribution in [2.45, 2.75) is 39.0 Å². The number of carbonyl (C=O) groups excluding carboxylic acids is 1. The Morgan fingerprint density at radius 1 is 1.33 bits per heavy atom. The number of amides is 2. The van der Waals surface area contributed by atoms with Crippen molar-refractivity contribution < 1.29 is 4.79 Å². The number of carbonyl (C=O) groups is 1. The number of anilines is 2. The quantitative estimate of drug-likeness (QED) is 0.651. The molecule has 0 atom stereocenters. The third-order valence-corrected chi connectivity index (χ3v) is 2.67. The zero-order valence-electron chi connectivity index (χ0n) is 10.9. The lowest BCUT2D eigenvalue weighted by Crippen LogP contribution is -2.29. The summed E-state index contributed by atoms with van der Waals surface area (Å²) in [7, 11) is 0. The Balaban J connectivity index is 2.16. The molecule has 5 heteroatoms. The highest BCUT2D eigenvalue weighted by molar-refractivity contribution is 5.92. The minimum atomic E-state index is -0.231. The van der Waals surface area contributed by atoms with Crippen molar-refractivity contribution in [3.8, 4) is 0 Å². The number of urea groups is 1. The molecule has 1 aromatic heterocycles. The van der Waals surface area contributed by atoms with E-state index in [1.165, 1.54) is 25.5 Å². The van der Waals surface area contributed by atoms with Gasteiger partial charge in [0.25, 0.3) is 0 Å². The summed E-state index contributed by atoms with van der Waals surface area (Å²) < 4.78 is 0. The second-order valence-corrected chi connectivity index (χ2v) is 4.26. The van der Waals surface area contributed by atoms with Crippen molar-refractivity contribution >= 4 is 17.4 Å². The van der Waals surface area contributed by atoms with E-state index in [2.05, 4.69) is 22.5 Å². The first kappa shape index (κ1) is 14.3. The third kappa shape index (κ3) is 5.52. The largest absolute Gasteiger partial charge is 0.397 e. The van der Waals surface area contributed by atoms with Crippen LogP contribution in [0.1, 0.15) is 39.0 Å². The van der Waals surface area contributed by atoms with Crippen LogP contribution < -0.4 is 16.4 Å². The van der Waals surface area contributed by atoms with Gasteiger partial charge < -0.3 is 16.4 Å². The predicted molar refractivity (Wildman–Crippen MR) is 74.4 cm³/mol. The fourth-order valence-electron chi connectivity index (χ4n) is 1.61. The first-order chi connectivity index (χ1) is 8.74. The molecule has 100 valence electrons. The summed E-state index contributed by atoms with van der Waals surface area (Å²) in [5, 5.41) is 5.48. The number of hydrogen-bond donors (Lipinski definition) is 3. The van der Waals surface area contributed by atoms with Crippen LogP contribution in [-0.4, -0.2) is 17.6 Å². The van der Waals surface area contributed by atoms with E-state index in [0.717, 1.165) is 12.8 Å². The lowest BCUT2D eigenvalue weighted by molar-refractivity contribution is 0.252. The maximum Gasteiger partial charge on any atom is 0.319 e. The summed E-state index contributed by atoms with van der Waals surface area (Å²) in [6, 6.07) is 1.42. The molecule has 0 aliphatic carbocycles. The average molecular weight is 250 g/mol. The first-order valence-electron chi connectivity index (χ1n) is 6.48. The van der Waals surface area contributed by atoms with E-state index in [1.807, 2.05) is 0 Å². The van der Waals surface area contributed by atoms with Gasteiger partial charge in [0.05, 0.1) is 17.6 Å². The molecule has 0 aliphatic heterocycles. The fraction of sp³-hybridized carbons (Fsp3) is 0.538. The SMILES string of the molecule is CCCCCCCNC(=O)Nc1cnccc1N. The predicted octanol–water partition coefficient (Wildman–Crippen LogP) is 2.76. The number of pyridine rings is 1. The monoisotopic (exact) mass is 250 g/mol. The molecule has 5 nitrogen and oxygen atoms in total. The molecule has 1 heterocycles. The third-order valence-electron chi connectivity index (χ3n) is 2.67. The molecule has 0 spiro atoms. The fourth-order valence-corrected chi connectivity index (χ4v) is 1.61. The minimum absolute atomic E-state index is 0.231. The molecule has 4 N–H and O–H groups in total. The molecule has 18 heavy (non-hydrogen) atoms. The van der Waals surface area contributed by atoms with Crippen LogP contribution in [0.4, 0.5) is 16.2 Å². The number of nitrogens with zero attached hydrogens (tertiary/aromatic N) is 1. The van der Waals surface area contributed by atoms with E-state index >= 15 is 0 Å². The molecule has 1 rings (SSSR count). The van der Waals surface area contributed by atoms with Crippen molar-refractivity contribution in [3.63, 3.8) is 0 Å². The number of nitrogen functional groups attached to an aromatic ring is 1. The molecule has 1 aromatic rings. The number of nitrogens with one attached hydrogen (secondary N) is 2. The van der Waals surface area contributed by atoms with Gasteiger partial charge in [0.15, 0.2) is 0 Å². The summed E-state index contributed by atoms with van der Waals surface area (Å²) in [5.41, 5.74) is 6.76. The van der Waals surface area contributed by atoms with Gasteiger partial charge in [-0.05, 0) is 12.5 Å². The van der Waals surface area contributed by atoms with Gasteiger partial charge in [0.1, 0.15) is 0 Å². The van der Waals surface area contributed by atoms with Crippen LogP contribution in [0.2, 0.25) is 0 Å². The van der Waals surface area contributed by atoms with Gasteiger partial charge in [-0.2, -0.15) is 0 Å². The number of rotatable bonds is 7. The summed E-state index contributed by atoms with van der Waals surface area (Å²) in [5.74, 6) is 0. The Hall–Kier alpha value is -1.78. The maximum atomic E-state index is 11.5. The van der Waals surface area contributed by atoms with E-state index in [9.17, 15) is 4.79 Å². The summed E-state index contributed by atoms with van der Waals surface area (Å²) in [4.78, 5) is 15.5. The summed E-state index contributed by atoms with van der Waals surface area (Å²) in [6.45, 7) is 2.87. The molecular formula is C13H22N4O. The Morgan fingerprint density at radius 2 is 2.11 bits per heavy atom. The van der Waals surface area contributed by atoms with Crippen LogP contribution in [0.25, 0.3) is 0 Å². The smallest absolute Gasteiger partial charge is 0.319 e. The van der Waals surface area contributed by atoms with Crippen LogP contribution in [0.3, 0.4) is 0 Å². The second-order valence-electron chi connectivity index (χ2n) is 4.26. The number of aromatic nitrogens is 1. The van der Waals surface area contributed by atoms with Crippen molar-refractivity contribution in [2.75, 3.05) is 17.6 Å². The number of hydrogen-bond acceptors (Lipinski definition) is 3. The van der Waals surface area contributed by atoms with Gasteiger partial charge in [0.2, 0.25) is 0 Å². The maximum absolute atomic E-state index is 11.5. The van der Waals surface area contributed by atoms with E-state index in [4.69, 9.17) is 5.73 Å². The molecule has 0 bridgehead atoms. The molecular weight excluding hydrogens is 228 g/mol. The number of unbranched alkanes of at least 4 members (excludes halogenated alkanes) is 4. The van der Waals surface area contributed by atoms with Crippen LogP contribution in [0.5, 0.6) is 0 Å². The Morgan fingerprint density at radius 3 is 2.83 bits per heavy atom. The Bertz CT molecular complexity index is 368. The van der Waals surface area contributed by atoms with Crippen LogP contribution >= 0.6 is 0 Å². The van der Waals surface area contributed by atoms with Gasteiger partial charge in [-0.25, -0.2) is 4.79 Å². The van der Waals surface area contributed by atoms with Crippen LogP contribution in [0, 0.1) is 0 Å². The number of nitrogens with two attached hydrogens (primary N) is 1. The standard InChI is InChI=1S/C13H22N4O/c1-2-3-4-5-6-8-16-13(18)17-12-10-15-9-7-11(12)14/h7,9-10H,2-6,8H2,1H3,(H2,14,15)(H2,16,17,18). The molecule has 0 fully saturated rings. The van der Waals surface area contributed by atoms with E-state index in [-0.39, 0.29) is 6.03 Å². The van der Waals surface area contributed by atoms with Crippen LogP contribution in [-0.2, 0) is 0 Å². The lowest BCUT2D eigenvalue weighted by atomic mass is 10.1. The van der Waals surface area contributed by atoms with Gasteiger partial charge in [-0.3, -0.25) is 4.98 Å². The normalized spacial score (nSPS) is 10.1. The molecule has 0 unspecified atom stereocenters. The molecule has 0 saturated carbocycles. The molecule has 0 radical (unpaired) electrons. The van der Waals surface area contributed by atoms with Crippen LogP contribution in [0.15, 0.2) is 18.5 Å². The Labute approximate surface area is 108 Å². The first-order valence-corrected chi connectivity index (χ1v) is 6.48. The molecule has 0 aromatic carbocycles. The second kappa shape index (κ2) is 8.33. The van der Waals surface area contributed by atoms with E-state index in [1.54, 1.807) is 12.3 Å². The average Bonchev–Trinajstić information content (AvgIpc) is 2.36.